The van der Waals surface area contributed by atoms with E-state index in [-0.39, 0.29) is 42.7 Å². The number of phosphoric ester groups is 1. The number of unbranched alkanes of at least 4 members (excludes halogenated alkanes) is 2. The number of amides is 2. The fraction of sp³-hybridized carbons (Fsp3) is 0.895. The van der Waals surface area contributed by atoms with Crippen LogP contribution in [0.2, 0.25) is 0 Å². The third kappa shape index (κ3) is 13.4. The number of quaternary nitrogens is 1. The van der Waals surface area contributed by atoms with E-state index in [0.717, 1.165) is 19.3 Å². The zero-order chi connectivity index (χ0) is 23.7. The minimum absolute atomic E-state index is 0.0581. The summed E-state index contributed by atoms with van der Waals surface area (Å²) in [6, 6.07) is 0. The summed E-state index contributed by atoms with van der Waals surface area (Å²) in [5, 5.41) is 5.46. The molecule has 1 heterocycles. The van der Waals surface area contributed by atoms with Gasteiger partial charge < -0.3 is 25.8 Å². The second-order valence-corrected chi connectivity index (χ2v) is 8.83. The summed E-state index contributed by atoms with van der Waals surface area (Å²) in [4.78, 5) is 33.3. The van der Waals surface area contributed by atoms with Gasteiger partial charge in [-0.15, -0.1) is 0 Å². The molecular formula is C19H40N4O8P+. The largest absolute Gasteiger partial charge is 0.518 e. The number of carbonyl (C=O) groups excluding carboxylic acids is 2. The second-order valence-electron chi connectivity index (χ2n) is 7.47. The summed E-state index contributed by atoms with van der Waals surface area (Å²) < 4.78 is 33.1. The van der Waals surface area contributed by atoms with Crippen LogP contribution in [0.4, 0.5) is 0 Å². The Bertz CT molecular complexity index is 590. The number of hydroxylamine groups is 3. The van der Waals surface area contributed by atoms with Crippen LogP contribution in [-0.2, 0) is 32.8 Å². The Hall–Kier alpha value is -1.11. The number of ether oxygens (including phenoxy) is 2. The SMILES string of the molecule is CCOP(=O)(O)O[N+]1(CCOCCNC(=O)CCNC(=O)CCCCCN)CCOCC1. The Kier molecular flexibility index (Phi) is 14.9. The van der Waals surface area contributed by atoms with Crippen molar-refractivity contribution in [3.05, 3.63) is 0 Å². The number of hydrogen-bond donors (Lipinski definition) is 4. The molecule has 1 aliphatic heterocycles. The van der Waals surface area contributed by atoms with Crippen molar-refractivity contribution in [3.63, 3.8) is 0 Å². The summed E-state index contributed by atoms with van der Waals surface area (Å²) >= 11 is 0. The Morgan fingerprint density at radius 1 is 1.06 bits per heavy atom. The van der Waals surface area contributed by atoms with E-state index in [1.165, 1.54) is 0 Å². The van der Waals surface area contributed by atoms with E-state index < -0.39 is 7.82 Å². The molecule has 1 fully saturated rings. The van der Waals surface area contributed by atoms with E-state index in [4.69, 9.17) is 24.4 Å². The molecule has 188 valence electrons. The van der Waals surface area contributed by atoms with Gasteiger partial charge in [-0.2, -0.15) is 4.65 Å². The molecule has 1 saturated heterocycles. The molecule has 0 spiro atoms. The van der Waals surface area contributed by atoms with Gasteiger partial charge in [0.1, 0.15) is 19.6 Å². The first-order chi connectivity index (χ1) is 15.3. The van der Waals surface area contributed by atoms with Crippen molar-refractivity contribution in [1.82, 2.24) is 10.6 Å². The molecular weight excluding hydrogens is 443 g/mol. The molecule has 0 aromatic rings. The van der Waals surface area contributed by atoms with Gasteiger partial charge in [-0.25, -0.2) is 4.57 Å². The number of rotatable bonds is 18. The average Bonchev–Trinajstić information content (AvgIpc) is 2.74. The van der Waals surface area contributed by atoms with Crippen molar-refractivity contribution in [2.75, 3.05) is 72.3 Å². The highest BCUT2D eigenvalue weighted by molar-refractivity contribution is 7.47. The Balaban J connectivity index is 2.16. The second kappa shape index (κ2) is 16.5. The lowest BCUT2D eigenvalue weighted by atomic mass is 10.2. The minimum atomic E-state index is -4.16. The Morgan fingerprint density at radius 2 is 1.75 bits per heavy atom. The van der Waals surface area contributed by atoms with Gasteiger partial charge in [-0.1, -0.05) is 11.0 Å². The fourth-order valence-electron chi connectivity index (χ4n) is 3.12. The van der Waals surface area contributed by atoms with Crippen LogP contribution in [0.5, 0.6) is 0 Å². The van der Waals surface area contributed by atoms with Crippen molar-refractivity contribution in [2.45, 2.75) is 39.0 Å². The minimum Gasteiger partial charge on any atom is -0.374 e. The standard InChI is InChI=1S/C19H39N4O8P/c1-2-30-32(26,27)31-23(12-16-29-17-13-23)11-15-28-14-10-22-19(25)7-9-21-18(24)6-4-3-5-8-20/h2-17,20H2,1H3,(H2-,21,22,24,25,26,27)/p+1. The van der Waals surface area contributed by atoms with Gasteiger partial charge in [0.2, 0.25) is 11.8 Å². The third-order valence-corrected chi connectivity index (χ3v) is 5.99. The normalized spacial score (nSPS) is 17.5. The van der Waals surface area contributed by atoms with Crippen LogP contribution in [-0.4, -0.2) is 93.7 Å². The first-order valence-corrected chi connectivity index (χ1v) is 12.8. The summed E-state index contributed by atoms with van der Waals surface area (Å²) in [5.41, 5.74) is 5.41. The maximum Gasteiger partial charge on any atom is 0.518 e. The van der Waals surface area contributed by atoms with Gasteiger partial charge >= 0.3 is 7.82 Å². The molecule has 5 N–H and O–H groups in total. The highest BCUT2D eigenvalue weighted by Gasteiger charge is 2.41. The van der Waals surface area contributed by atoms with Crippen LogP contribution in [0.1, 0.15) is 39.0 Å². The van der Waals surface area contributed by atoms with E-state index in [9.17, 15) is 19.0 Å². The summed E-state index contributed by atoms with van der Waals surface area (Å²) in [6.07, 6.45) is 3.28. The maximum absolute atomic E-state index is 12.0. The smallest absolute Gasteiger partial charge is 0.374 e. The predicted octanol–water partition coefficient (Wildman–Crippen LogP) is 0.0601. The topological polar surface area (TPSA) is 158 Å². The molecule has 12 nitrogen and oxygen atoms in total. The van der Waals surface area contributed by atoms with Crippen LogP contribution in [0, 0.1) is 0 Å². The summed E-state index contributed by atoms with van der Waals surface area (Å²) in [5.74, 6) is -0.229. The number of nitrogens with two attached hydrogens (primary N) is 1. The van der Waals surface area contributed by atoms with E-state index in [1.54, 1.807) is 6.92 Å². The quantitative estimate of drug-likeness (QED) is 0.120. The molecule has 13 heteroatoms. The number of phosphoric acid groups is 1. The summed E-state index contributed by atoms with van der Waals surface area (Å²) in [6.45, 7) is 5.51. The van der Waals surface area contributed by atoms with Crippen LogP contribution in [0.15, 0.2) is 0 Å². The van der Waals surface area contributed by atoms with Crippen LogP contribution >= 0.6 is 7.82 Å². The van der Waals surface area contributed by atoms with Crippen molar-refractivity contribution in [3.8, 4) is 0 Å². The van der Waals surface area contributed by atoms with E-state index in [2.05, 4.69) is 10.6 Å². The zero-order valence-electron chi connectivity index (χ0n) is 19.1. The van der Waals surface area contributed by atoms with Gasteiger partial charge in [0.15, 0.2) is 0 Å². The molecule has 32 heavy (non-hydrogen) atoms. The van der Waals surface area contributed by atoms with Crippen LogP contribution < -0.4 is 16.4 Å². The number of hydrogen-bond acceptors (Lipinski definition) is 8. The van der Waals surface area contributed by atoms with E-state index >= 15 is 0 Å². The van der Waals surface area contributed by atoms with Crippen LogP contribution in [0.3, 0.4) is 0 Å². The number of morpholine rings is 1. The molecule has 0 aromatic carbocycles. The molecule has 1 aliphatic rings. The van der Waals surface area contributed by atoms with Gasteiger partial charge in [-0.05, 0) is 26.3 Å². The number of carbonyl (C=O) groups is 2. The fourth-order valence-corrected chi connectivity index (χ4v) is 4.18. The molecule has 0 aromatic heterocycles. The summed E-state index contributed by atoms with van der Waals surface area (Å²) in [7, 11) is -4.16. The Labute approximate surface area is 190 Å². The first-order valence-electron chi connectivity index (χ1n) is 11.3. The van der Waals surface area contributed by atoms with Crippen molar-refractivity contribution < 1.29 is 42.3 Å². The number of nitrogens with one attached hydrogen (secondary N) is 2. The predicted molar refractivity (Wildman–Crippen MR) is 117 cm³/mol. The molecule has 1 rings (SSSR count). The lowest BCUT2D eigenvalue weighted by molar-refractivity contribution is -1.09. The maximum atomic E-state index is 12.0. The molecule has 0 radical (unpaired) electrons. The van der Waals surface area contributed by atoms with E-state index in [1.807, 2.05) is 0 Å². The molecule has 2 amide bonds. The highest BCUT2D eigenvalue weighted by atomic mass is 31.2. The Morgan fingerprint density at radius 3 is 2.44 bits per heavy atom. The highest BCUT2D eigenvalue weighted by Crippen LogP contribution is 2.46. The lowest BCUT2D eigenvalue weighted by Crippen LogP contribution is -2.55. The van der Waals surface area contributed by atoms with Gasteiger partial charge in [0, 0.05) is 25.9 Å². The monoisotopic (exact) mass is 483 g/mol. The van der Waals surface area contributed by atoms with Gasteiger partial charge in [0.05, 0.1) is 33.0 Å². The third-order valence-electron chi connectivity index (χ3n) is 4.85. The van der Waals surface area contributed by atoms with E-state index in [0.29, 0.717) is 58.9 Å². The first kappa shape index (κ1) is 28.9. The molecule has 1 atom stereocenters. The van der Waals surface area contributed by atoms with Crippen LogP contribution in [0.25, 0.3) is 0 Å². The molecule has 1 unspecified atom stereocenters. The lowest BCUT2D eigenvalue weighted by Gasteiger charge is -2.37. The van der Waals surface area contributed by atoms with Crippen molar-refractivity contribution >= 4 is 19.6 Å². The van der Waals surface area contributed by atoms with Crippen molar-refractivity contribution in [1.29, 1.82) is 0 Å². The van der Waals surface area contributed by atoms with Gasteiger partial charge in [-0.3, -0.25) is 19.0 Å². The molecule has 0 aliphatic carbocycles. The molecule has 0 bridgehead atoms. The number of nitrogens with zero attached hydrogens (tertiary/aromatic N) is 1. The molecule has 0 saturated carbocycles. The zero-order valence-corrected chi connectivity index (χ0v) is 20.0. The van der Waals surface area contributed by atoms with Gasteiger partial charge in [0.25, 0.3) is 0 Å². The average molecular weight is 484 g/mol. The van der Waals surface area contributed by atoms with Crippen molar-refractivity contribution in [2.24, 2.45) is 5.73 Å².